The SMILES string of the molecule is CNCCC1CCN(C(=O)c2ccc(S(=O)(=O)NCC(C)C)cc2)CC1.Cl. The minimum atomic E-state index is -3.52. The van der Waals surface area contributed by atoms with Crippen LogP contribution >= 0.6 is 12.4 Å². The van der Waals surface area contributed by atoms with Crippen molar-refractivity contribution in [2.45, 2.75) is 38.0 Å². The van der Waals surface area contributed by atoms with E-state index in [9.17, 15) is 13.2 Å². The summed E-state index contributed by atoms with van der Waals surface area (Å²) in [6.45, 7) is 6.84. The molecule has 0 spiro atoms. The highest BCUT2D eigenvalue weighted by molar-refractivity contribution is 7.89. The van der Waals surface area contributed by atoms with Gasteiger partial charge in [-0.1, -0.05) is 13.8 Å². The van der Waals surface area contributed by atoms with E-state index in [0.717, 1.165) is 38.9 Å². The van der Waals surface area contributed by atoms with Gasteiger partial charge in [0.25, 0.3) is 5.91 Å². The van der Waals surface area contributed by atoms with E-state index in [1.807, 2.05) is 25.8 Å². The molecule has 1 heterocycles. The summed E-state index contributed by atoms with van der Waals surface area (Å²) in [7, 11) is -1.56. The molecule has 1 aliphatic heterocycles. The molecule has 0 saturated carbocycles. The number of nitrogens with zero attached hydrogens (tertiary/aromatic N) is 1. The number of rotatable bonds is 8. The number of carbonyl (C=O) groups excluding carboxylic acids is 1. The van der Waals surface area contributed by atoms with Crippen molar-refractivity contribution in [2.24, 2.45) is 11.8 Å². The van der Waals surface area contributed by atoms with Crippen molar-refractivity contribution in [1.82, 2.24) is 14.9 Å². The summed E-state index contributed by atoms with van der Waals surface area (Å²) in [5, 5.41) is 3.17. The van der Waals surface area contributed by atoms with Gasteiger partial charge in [-0.3, -0.25) is 4.79 Å². The number of amides is 1. The second-order valence-electron chi connectivity index (χ2n) is 7.40. The Bertz CT molecular complexity index is 685. The number of carbonyl (C=O) groups is 1. The normalized spacial score (nSPS) is 15.6. The van der Waals surface area contributed by atoms with Gasteiger partial charge in [0.1, 0.15) is 0 Å². The molecule has 0 unspecified atom stereocenters. The molecular weight excluding hydrogens is 386 g/mol. The molecule has 0 bridgehead atoms. The maximum Gasteiger partial charge on any atom is 0.253 e. The van der Waals surface area contributed by atoms with Crippen LogP contribution in [0.1, 0.15) is 43.5 Å². The van der Waals surface area contributed by atoms with Gasteiger partial charge >= 0.3 is 0 Å². The van der Waals surface area contributed by atoms with E-state index in [1.165, 1.54) is 12.1 Å². The van der Waals surface area contributed by atoms with E-state index in [0.29, 0.717) is 18.0 Å². The zero-order chi connectivity index (χ0) is 19.2. The van der Waals surface area contributed by atoms with Gasteiger partial charge in [0, 0.05) is 25.2 Å². The molecule has 2 N–H and O–H groups in total. The van der Waals surface area contributed by atoms with Crippen LogP contribution in [0.5, 0.6) is 0 Å². The van der Waals surface area contributed by atoms with Gasteiger partial charge in [-0.05, 0) is 69.0 Å². The maximum absolute atomic E-state index is 12.6. The number of halogens is 1. The molecule has 0 atom stereocenters. The summed E-state index contributed by atoms with van der Waals surface area (Å²) >= 11 is 0. The fraction of sp³-hybridized carbons (Fsp3) is 0.632. The summed E-state index contributed by atoms with van der Waals surface area (Å²) < 4.78 is 27.0. The van der Waals surface area contributed by atoms with Gasteiger partial charge in [-0.25, -0.2) is 13.1 Å². The third kappa shape index (κ3) is 7.07. The van der Waals surface area contributed by atoms with Crippen molar-refractivity contribution in [3.8, 4) is 0 Å². The number of hydrogen-bond acceptors (Lipinski definition) is 4. The van der Waals surface area contributed by atoms with Crippen LogP contribution in [-0.2, 0) is 10.0 Å². The predicted molar refractivity (Wildman–Crippen MR) is 111 cm³/mol. The van der Waals surface area contributed by atoms with Gasteiger partial charge < -0.3 is 10.2 Å². The summed E-state index contributed by atoms with van der Waals surface area (Å²) in [6, 6.07) is 6.24. The van der Waals surface area contributed by atoms with E-state index < -0.39 is 10.0 Å². The van der Waals surface area contributed by atoms with Gasteiger partial charge in [-0.2, -0.15) is 0 Å². The molecule has 154 valence electrons. The Labute approximate surface area is 169 Å². The summed E-state index contributed by atoms with van der Waals surface area (Å²) in [4.78, 5) is 14.7. The topological polar surface area (TPSA) is 78.5 Å². The number of hydrogen-bond donors (Lipinski definition) is 2. The third-order valence-electron chi connectivity index (χ3n) is 4.80. The number of sulfonamides is 1. The Morgan fingerprint density at radius 3 is 2.30 bits per heavy atom. The zero-order valence-electron chi connectivity index (χ0n) is 16.4. The fourth-order valence-corrected chi connectivity index (χ4v) is 4.31. The monoisotopic (exact) mass is 417 g/mol. The lowest BCUT2D eigenvalue weighted by Gasteiger charge is -2.32. The van der Waals surface area contributed by atoms with Crippen molar-refractivity contribution in [2.75, 3.05) is 33.2 Å². The van der Waals surface area contributed by atoms with Crippen LogP contribution in [0.2, 0.25) is 0 Å². The first-order chi connectivity index (χ1) is 12.3. The van der Waals surface area contributed by atoms with E-state index in [-0.39, 0.29) is 29.1 Å². The second-order valence-corrected chi connectivity index (χ2v) is 9.16. The van der Waals surface area contributed by atoms with Gasteiger partial charge in [0.15, 0.2) is 0 Å². The lowest BCUT2D eigenvalue weighted by molar-refractivity contribution is 0.0687. The summed E-state index contributed by atoms with van der Waals surface area (Å²) in [5.74, 6) is 0.892. The van der Waals surface area contributed by atoms with Crippen LogP contribution in [0.4, 0.5) is 0 Å². The Balaban J connectivity index is 0.00000364. The zero-order valence-corrected chi connectivity index (χ0v) is 18.0. The lowest BCUT2D eigenvalue weighted by Crippen LogP contribution is -2.39. The minimum Gasteiger partial charge on any atom is -0.339 e. The molecular formula is C19H32ClN3O3S. The highest BCUT2D eigenvalue weighted by Crippen LogP contribution is 2.22. The second kappa shape index (κ2) is 11.0. The molecule has 1 amide bonds. The van der Waals surface area contributed by atoms with Crippen molar-refractivity contribution < 1.29 is 13.2 Å². The fourth-order valence-electron chi connectivity index (χ4n) is 3.09. The highest BCUT2D eigenvalue weighted by atomic mass is 35.5. The molecule has 1 fully saturated rings. The Morgan fingerprint density at radius 1 is 1.19 bits per heavy atom. The lowest BCUT2D eigenvalue weighted by atomic mass is 9.93. The molecule has 0 aromatic heterocycles. The van der Waals surface area contributed by atoms with Gasteiger partial charge in [0.05, 0.1) is 4.90 Å². The third-order valence-corrected chi connectivity index (χ3v) is 6.24. The predicted octanol–water partition coefficient (Wildman–Crippen LogP) is 2.50. The average molecular weight is 418 g/mol. The molecule has 6 nitrogen and oxygen atoms in total. The molecule has 0 radical (unpaired) electrons. The molecule has 1 aliphatic rings. The first kappa shape index (κ1) is 23.9. The maximum atomic E-state index is 12.6. The molecule has 1 aromatic carbocycles. The largest absolute Gasteiger partial charge is 0.339 e. The van der Waals surface area contributed by atoms with Crippen molar-refractivity contribution >= 4 is 28.3 Å². The number of benzene rings is 1. The van der Waals surface area contributed by atoms with Crippen LogP contribution < -0.4 is 10.0 Å². The van der Waals surface area contributed by atoms with Crippen molar-refractivity contribution in [3.63, 3.8) is 0 Å². The van der Waals surface area contributed by atoms with E-state index in [1.54, 1.807) is 12.1 Å². The smallest absolute Gasteiger partial charge is 0.253 e. The first-order valence-electron chi connectivity index (χ1n) is 9.37. The quantitative estimate of drug-likeness (QED) is 0.681. The Morgan fingerprint density at radius 2 is 1.78 bits per heavy atom. The molecule has 27 heavy (non-hydrogen) atoms. The van der Waals surface area contributed by atoms with Crippen molar-refractivity contribution in [1.29, 1.82) is 0 Å². The number of nitrogens with one attached hydrogen (secondary N) is 2. The van der Waals surface area contributed by atoms with Crippen LogP contribution in [0.3, 0.4) is 0 Å². The van der Waals surface area contributed by atoms with Crippen LogP contribution in [0.15, 0.2) is 29.2 Å². The number of likely N-dealkylation sites (tertiary alicyclic amines) is 1. The summed E-state index contributed by atoms with van der Waals surface area (Å²) in [6.07, 6.45) is 3.20. The molecule has 0 aliphatic carbocycles. The van der Waals surface area contributed by atoms with Crippen LogP contribution in [0, 0.1) is 11.8 Å². The minimum absolute atomic E-state index is 0. The molecule has 8 heteroatoms. The van der Waals surface area contributed by atoms with Gasteiger partial charge in [-0.15, -0.1) is 12.4 Å². The first-order valence-corrected chi connectivity index (χ1v) is 10.9. The van der Waals surface area contributed by atoms with E-state index >= 15 is 0 Å². The van der Waals surface area contributed by atoms with Crippen molar-refractivity contribution in [3.05, 3.63) is 29.8 Å². The molecule has 1 saturated heterocycles. The molecule has 2 rings (SSSR count). The van der Waals surface area contributed by atoms with E-state index in [4.69, 9.17) is 0 Å². The standard InChI is InChI=1S/C19H31N3O3S.ClH/c1-15(2)14-21-26(24,25)18-6-4-17(5-7-18)19(23)22-12-9-16(10-13-22)8-11-20-3;/h4-7,15-16,20-21H,8-14H2,1-3H3;1H. The number of piperidine rings is 1. The summed E-state index contributed by atoms with van der Waals surface area (Å²) in [5.41, 5.74) is 0.543. The van der Waals surface area contributed by atoms with Gasteiger partial charge in [0.2, 0.25) is 10.0 Å². The molecule has 1 aromatic rings. The Kier molecular flexibility index (Phi) is 9.73. The van der Waals surface area contributed by atoms with Crippen LogP contribution in [-0.4, -0.2) is 52.5 Å². The highest BCUT2D eigenvalue weighted by Gasteiger charge is 2.24. The average Bonchev–Trinajstić information content (AvgIpc) is 2.65. The Hall–Kier alpha value is -1.15. The van der Waals surface area contributed by atoms with Crippen LogP contribution in [0.25, 0.3) is 0 Å². The van der Waals surface area contributed by atoms with E-state index in [2.05, 4.69) is 10.0 Å².